The summed E-state index contributed by atoms with van der Waals surface area (Å²) < 4.78 is 11.2. The quantitative estimate of drug-likeness (QED) is 0.752. The van der Waals surface area contributed by atoms with Crippen molar-refractivity contribution in [2.45, 2.75) is 25.9 Å². The molecule has 1 aliphatic rings. The van der Waals surface area contributed by atoms with Gasteiger partial charge in [-0.2, -0.15) is 4.98 Å². The lowest BCUT2D eigenvalue weighted by molar-refractivity contribution is 0.0480. The maximum atomic E-state index is 5.76. The third kappa shape index (κ3) is 4.35. The summed E-state index contributed by atoms with van der Waals surface area (Å²) in [4.78, 5) is 6.83. The van der Waals surface area contributed by atoms with E-state index >= 15 is 0 Å². The first-order valence-corrected chi connectivity index (χ1v) is 7.98. The number of alkyl halides is 1. The van der Waals surface area contributed by atoms with Crippen LogP contribution in [0.15, 0.2) is 18.2 Å². The van der Waals surface area contributed by atoms with Crippen LogP contribution in [0.5, 0.6) is 5.88 Å². The van der Waals surface area contributed by atoms with Gasteiger partial charge in [-0.15, -0.1) is 0 Å². The molecule has 2 heterocycles. The fourth-order valence-corrected chi connectivity index (χ4v) is 2.46. The van der Waals surface area contributed by atoms with Crippen LogP contribution in [0.25, 0.3) is 0 Å². The van der Waals surface area contributed by atoms with Gasteiger partial charge < -0.3 is 14.4 Å². The number of rotatable bonds is 6. The molecule has 4 nitrogen and oxygen atoms in total. The van der Waals surface area contributed by atoms with E-state index in [0.717, 1.165) is 43.7 Å². The zero-order valence-electron chi connectivity index (χ0n) is 11.3. The molecular weight excluding hydrogens is 308 g/mol. The van der Waals surface area contributed by atoms with Crippen molar-refractivity contribution in [1.82, 2.24) is 4.98 Å². The second kappa shape index (κ2) is 7.70. The number of hydrogen-bond acceptors (Lipinski definition) is 4. The van der Waals surface area contributed by atoms with Crippen molar-refractivity contribution >= 4 is 21.7 Å². The van der Waals surface area contributed by atoms with Gasteiger partial charge in [-0.05, 0) is 25.8 Å². The second-order valence-corrected chi connectivity index (χ2v) is 5.31. The van der Waals surface area contributed by atoms with Gasteiger partial charge in [0, 0.05) is 24.5 Å². The van der Waals surface area contributed by atoms with E-state index in [1.165, 1.54) is 0 Å². The highest BCUT2D eigenvalue weighted by molar-refractivity contribution is 9.09. The fourth-order valence-electron chi connectivity index (χ4n) is 2.27. The van der Waals surface area contributed by atoms with Crippen LogP contribution < -0.4 is 9.64 Å². The van der Waals surface area contributed by atoms with E-state index in [0.29, 0.717) is 18.6 Å². The van der Waals surface area contributed by atoms with Gasteiger partial charge in [0.2, 0.25) is 5.88 Å². The van der Waals surface area contributed by atoms with Crippen LogP contribution in [-0.2, 0) is 4.74 Å². The average Bonchev–Trinajstić information content (AvgIpc) is 2.46. The van der Waals surface area contributed by atoms with Crippen molar-refractivity contribution in [3.8, 4) is 5.88 Å². The molecule has 0 amide bonds. The van der Waals surface area contributed by atoms with Crippen LogP contribution in [0, 0.1) is 0 Å². The lowest BCUT2D eigenvalue weighted by atomic mass is 10.1. The molecule has 106 valence electrons. The normalized spacial score (nSPS) is 16.6. The maximum Gasteiger partial charge on any atom is 0.215 e. The predicted molar refractivity (Wildman–Crippen MR) is 80.4 cm³/mol. The van der Waals surface area contributed by atoms with Gasteiger partial charge in [-0.3, -0.25) is 0 Å². The van der Waals surface area contributed by atoms with Crippen LogP contribution in [0.3, 0.4) is 0 Å². The molecule has 0 N–H and O–H groups in total. The number of piperidine rings is 1. The summed E-state index contributed by atoms with van der Waals surface area (Å²) in [7, 11) is 0. The molecule has 1 aromatic heterocycles. The molecule has 5 heteroatoms. The Hall–Kier alpha value is -0.810. The molecule has 19 heavy (non-hydrogen) atoms. The summed E-state index contributed by atoms with van der Waals surface area (Å²) in [6.07, 6.45) is 2.52. The van der Waals surface area contributed by atoms with Crippen molar-refractivity contribution in [2.24, 2.45) is 0 Å². The summed E-state index contributed by atoms with van der Waals surface area (Å²) in [6.45, 7) is 5.41. The Morgan fingerprint density at radius 1 is 1.37 bits per heavy atom. The molecular formula is C14H21BrN2O2. The largest absolute Gasteiger partial charge is 0.478 e. The molecule has 1 fully saturated rings. The molecule has 0 bridgehead atoms. The molecule has 0 atom stereocenters. The van der Waals surface area contributed by atoms with E-state index in [4.69, 9.17) is 9.47 Å². The molecule has 1 aliphatic heterocycles. The molecule has 0 spiro atoms. The van der Waals surface area contributed by atoms with Gasteiger partial charge in [0.05, 0.1) is 19.3 Å². The fraction of sp³-hybridized carbons (Fsp3) is 0.643. The molecule has 0 saturated carbocycles. The number of ether oxygens (including phenoxy) is 2. The van der Waals surface area contributed by atoms with Gasteiger partial charge in [-0.1, -0.05) is 22.0 Å². The van der Waals surface area contributed by atoms with Crippen molar-refractivity contribution in [1.29, 1.82) is 0 Å². The van der Waals surface area contributed by atoms with Crippen molar-refractivity contribution in [2.75, 3.05) is 36.5 Å². The minimum absolute atomic E-state index is 0.392. The zero-order chi connectivity index (χ0) is 13.5. The van der Waals surface area contributed by atoms with E-state index in [1.807, 2.05) is 25.1 Å². The highest BCUT2D eigenvalue weighted by atomic mass is 79.9. The lowest BCUT2D eigenvalue weighted by Gasteiger charge is -2.32. The minimum atomic E-state index is 0.392. The third-order valence-electron chi connectivity index (χ3n) is 3.20. The van der Waals surface area contributed by atoms with Crippen molar-refractivity contribution < 1.29 is 9.47 Å². The number of hydrogen-bond donors (Lipinski definition) is 0. The number of aromatic nitrogens is 1. The van der Waals surface area contributed by atoms with Gasteiger partial charge >= 0.3 is 0 Å². The first-order valence-electron chi connectivity index (χ1n) is 6.86. The van der Waals surface area contributed by atoms with Crippen LogP contribution in [-0.4, -0.2) is 42.7 Å². The van der Waals surface area contributed by atoms with E-state index in [9.17, 15) is 0 Å². The lowest BCUT2D eigenvalue weighted by Crippen LogP contribution is -2.37. The number of halogens is 1. The SMILES string of the molecule is CCOc1cccc(N2CCC(OCCBr)CC2)n1. The smallest absolute Gasteiger partial charge is 0.215 e. The van der Waals surface area contributed by atoms with Crippen LogP contribution in [0.2, 0.25) is 0 Å². The van der Waals surface area contributed by atoms with Crippen LogP contribution in [0.4, 0.5) is 5.82 Å². The Labute approximate surface area is 123 Å². The molecule has 0 aromatic carbocycles. The monoisotopic (exact) mass is 328 g/mol. The minimum Gasteiger partial charge on any atom is -0.478 e. The van der Waals surface area contributed by atoms with Crippen molar-refractivity contribution in [3.63, 3.8) is 0 Å². The Bertz CT molecular complexity index is 381. The number of pyridine rings is 1. The molecule has 0 radical (unpaired) electrons. The third-order valence-corrected chi connectivity index (χ3v) is 3.52. The second-order valence-electron chi connectivity index (χ2n) is 4.51. The first kappa shape index (κ1) is 14.6. The topological polar surface area (TPSA) is 34.6 Å². The maximum absolute atomic E-state index is 5.76. The first-order chi connectivity index (χ1) is 9.33. The van der Waals surface area contributed by atoms with E-state index in [2.05, 4.69) is 25.8 Å². The summed E-state index contributed by atoms with van der Waals surface area (Å²) >= 11 is 3.39. The highest BCUT2D eigenvalue weighted by Gasteiger charge is 2.20. The summed E-state index contributed by atoms with van der Waals surface area (Å²) in [5.74, 6) is 1.71. The van der Waals surface area contributed by atoms with E-state index in [-0.39, 0.29) is 0 Å². The van der Waals surface area contributed by atoms with E-state index < -0.39 is 0 Å². The van der Waals surface area contributed by atoms with Crippen LogP contribution >= 0.6 is 15.9 Å². The summed E-state index contributed by atoms with van der Waals surface area (Å²) in [6, 6.07) is 5.95. The van der Waals surface area contributed by atoms with Gasteiger partial charge in [0.15, 0.2) is 0 Å². The predicted octanol–water partition coefficient (Wildman–Crippen LogP) is 2.86. The Balaban J connectivity index is 1.88. The number of anilines is 1. The molecule has 0 aliphatic carbocycles. The zero-order valence-corrected chi connectivity index (χ0v) is 12.9. The summed E-state index contributed by atoms with van der Waals surface area (Å²) in [5.41, 5.74) is 0. The molecule has 1 aromatic rings. The van der Waals surface area contributed by atoms with Gasteiger partial charge in [-0.25, -0.2) is 0 Å². The molecule has 0 unspecified atom stereocenters. The van der Waals surface area contributed by atoms with Gasteiger partial charge in [0.1, 0.15) is 5.82 Å². The van der Waals surface area contributed by atoms with Crippen molar-refractivity contribution in [3.05, 3.63) is 18.2 Å². The Morgan fingerprint density at radius 2 is 2.16 bits per heavy atom. The average molecular weight is 329 g/mol. The number of nitrogens with zero attached hydrogens (tertiary/aromatic N) is 2. The van der Waals surface area contributed by atoms with Gasteiger partial charge in [0.25, 0.3) is 0 Å². The Kier molecular flexibility index (Phi) is 5.92. The highest BCUT2D eigenvalue weighted by Crippen LogP contribution is 2.21. The molecule has 1 saturated heterocycles. The van der Waals surface area contributed by atoms with E-state index in [1.54, 1.807) is 0 Å². The van der Waals surface area contributed by atoms with Crippen LogP contribution in [0.1, 0.15) is 19.8 Å². The molecule has 2 rings (SSSR count). The summed E-state index contributed by atoms with van der Waals surface area (Å²) in [5, 5.41) is 0.908. The Morgan fingerprint density at radius 3 is 2.84 bits per heavy atom. The standard InChI is InChI=1S/C14H21BrN2O2/c1-2-18-14-5-3-4-13(16-14)17-9-6-12(7-10-17)19-11-8-15/h3-5,12H,2,6-11H2,1H3.